The van der Waals surface area contributed by atoms with E-state index in [-0.39, 0.29) is 0 Å². The SMILES string of the molecule is Nc1nnccc1C1CCNCC1. The molecule has 3 N–H and O–H groups in total. The lowest BCUT2D eigenvalue weighted by Gasteiger charge is -2.23. The summed E-state index contributed by atoms with van der Waals surface area (Å²) in [6, 6.07) is 1.98. The fourth-order valence-electron chi connectivity index (χ4n) is 1.83. The van der Waals surface area contributed by atoms with Crippen LogP contribution in [0, 0.1) is 0 Å². The Balaban J connectivity index is 2.18. The third-order valence-electron chi connectivity index (χ3n) is 2.56. The molecule has 1 aliphatic heterocycles. The van der Waals surface area contributed by atoms with Crippen LogP contribution in [-0.4, -0.2) is 23.3 Å². The Morgan fingerprint density at radius 2 is 2.15 bits per heavy atom. The van der Waals surface area contributed by atoms with Crippen LogP contribution >= 0.6 is 0 Å². The summed E-state index contributed by atoms with van der Waals surface area (Å²) in [5.41, 5.74) is 6.92. The first-order valence-corrected chi connectivity index (χ1v) is 4.65. The minimum atomic E-state index is 0.566. The van der Waals surface area contributed by atoms with Crippen LogP contribution in [0.3, 0.4) is 0 Å². The van der Waals surface area contributed by atoms with E-state index in [9.17, 15) is 0 Å². The Labute approximate surface area is 77.5 Å². The third-order valence-corrected chi connectivity index (χ3v) is 2.56. The lowest BCUT2D eigenvalue weighted by Crippen LogP contribution is -2.27. The predicted molar refractivity (Wildman–Crippen MR) is 51.3 cm³/mol. The molecular weight excluding hydrogens is 164 g/mol. The minimum Gasteiger partial charge on any atom is -0.382 e. The number of nitrogen functional groups attached to an aromatic ring is 1. The smallest absolute Gasteiger partial charge is 0.149 e. The van der Waals surface area contributed by atoms with E-state index in [1.807, 2.05) is 6.07 Å². The first kappa shape index (κ1) is 8.44. The summed E-state index contributed by atoms with van der Waals surface area (Å²) in [6.45, 7) is 2.15. The first-order valence-electron chi connectivity index (χ1n) is 4.65. The van der Waals surface area contributed by atoms with E-state index in [1.54, 1.807) is 6.20 Å². The molecular formula is C9H14N4. The van der Waals surface area contributed by atoms with Crippen molar-refractivity contribution < 1.29 is 0 Å². The van der Waals surface area contributed by atoms with Gasteiger partial charge in [0.05, 0.1) is 6.20 Å². The summed E-state index contributed by atoms with van der Waals surface area (Å²) in [5, 5.41) is 10.9. The molecule has 1 aromatic rings. The van der Waals surface area contributed by atoms with Crippen molar-refractivity contribution in [3.63, 3.8) is 0 Å². The molecule has 0 radical (unpaired) electrons. The average Bonchev–Trinajstić information content (AvgIpc) is 2.20. The number of nitrogens with zero attached hydrogens (tertiary/aromatic N) is 2. The second kappa shape index (κ2) is 3.70. The van der Waals surface area contributed by atoms with Crippen LogP contribution in [-0.2, 0) is 0 Å². The third kappa shape index (κ3) is 1.78. The van der Waals surface area contributed by atoms with Gasteiger partial charge in [-0.1, -0.05) is 0 Å². The van der Waals surface area contributed by atoms with Crippen LogP contribution in [0.15, 0.2) is 12.3 Å². The summed E-state index contributed by atoms with van der Waals surface area (Å²) in [7, 11) is 0. The first-order chi connectivity index (χ1) is 6.38. The van der Waals surface area contributed by atoms with Gasteiger partial charge in [-0.25, -0.2) is 0 Å². The number of nitrogens with two attached hydrogens (primary N) is 1. The highest BCUT2D eigenvalue weighted by Gasteiger charge is 2.17. The molecule has 0 amide bonds. The molecule has 4 heteroatoms. The number of piperidine rings is 1. The Kier molecular flexibility index (Phi) is 2.40. The number of nitrogens with one attached hydrogen (secondary N) is 1. The molecule has 1 saturated heterocycles. The zero-order chi connectivity index (χ0) is 9.10. The van der Waals surface area contributed by atoms with Gasteiger partial charge < -0.3 is 11.1 Å². The van der Waals surface area contributed by atoms with Gasteiger partial charge in [-0.15, -0.1) is 5.10 Å². The highest BCUT2D eigenvalue weighted by molar-refractivity contribution is 5.39. The maximum Gasteiger partial charge on any atom is 0.149 e. The van der Waals surface area contributed by atoms with E-state index in [1.165, 1.54) is 0 Å². The number of hydrogen-bond acceptors (Lipinski definition) is 4. The largest absolute Gasteiger partial charge is 0.382 e. The van der Waals surface area contributed by atoms with E-state index in [2.05, 4.69) is 15.5 Å². The number of hydrogen-bond donors (Lipinski definition) is 2. The molecule has 0 unspecified atom stereocenters. The van der Waals surface area contributed by atoms with Gasteiger partial charge in [0.2, 0.25) is 0 Å². The van der Waals surface area contributed by atoms with Gasteiger partial charge in [-0.05, 0) is 37.9 Å². The van der Waals surface area contributed by atoms with Gasteiger partial charge in [0.15, 0.2) is 0 Å². The fourth-order valence-corrected chi connectivity index (χ4v) is 1.83. The van der Waals surface area contributed by atoms with Crippen molar-refractivity contribution in [2.24, 2.45) is 0 Å². The predicted octanol–water partition coefficient (Wildman–Crippen LogP) is 0.526. The maximum absolute atomic E-state index is 5.76. The van der Waals surface area contributed by atoms with E-state index in [0.29, 0.717) is 11.7 Å². The van der Waals surface area contributed by atoms with Crippen molar-refractivity contribution in [1.29, 1.82) is 0 Å². The summed E-state index contributed by atoms with van der Waals surface area (Å²) >= 11 is 0. The molecule has 1 aliphatic rings. The molecule has 0 saturated carbocycles. The molecule has 4 nitrogen and oxygen atoms in total. The Hall–Kier alpha value is -1.16. The van der Waals surface area contributed by atoms with E-state index in [0.717, 1.165) is 31.5 Å². The van der Waals surface area contributed by atoms with E-state index >= 15 is 0 Å². The number of aromatic nitrogens is 2. The molecule has 0 bridgehead atoms. The van der Waals surface area contributed by atoms with Crippen LogP contribution < -0.4 is 11.1 Å². The average molecular weight is 178 g/mol. The standard InChI is InChI=1S/C9H14N4/c10-9-8(3-6-12-13-9)7-1-4-11-5-2-7/h3,6-7,11H,1-2,4-5H2,(H2,10,13). The molecule has 0 aliphatic carbocycles. The molecule has 2 rings (SSSR count). The van der Waals surface area contributed by atoms with Crippen molar-refractivity contribution in [3.05, 3.63) is 17.8 Å². The van der Waals surface area contributed by atoms with Crippen LogP contribution in [0.1, 0.15) is 24.3 Å². The van der Waals surface area contributed by atoms with Crippen LogP contribution in [0.5, 0.6) is 0 Å². The van der Waals surface area contributed by atoms with Gasteiger partial charge in [-0.2, -0.15) is 5.10 Å². The summed E-state index contributed by atoms with van der Waals surface area (Å²) in [4.78, 5) is 0. The number of rotatable bonds is 1. The van der Waals surface area contributed by atoms with Gasteiger partial charge in [-0.3, -0.25) is 0 Å². The van der Waals surface area contributed by atoms with Gasteiger partial charge >= 0.3 is 0 Å². The quantitative estimate of drug-likeness (QED) is 0.658. The Bertz CT molecular complexity index is 281. The monoisotopic (exact) mass is 178 g/mol. The van der Waals surface area contributed by atoms with Crippen molar-refractivity contribution >= 4 is 5.82 Å². The van der Waals surface area contributed by atoms with Crippen molar-refractivity contribution in [3.8, 4) is 0 Å². The molecule has 1 aromatic heterocycles. The van der Waals surface area contributed by atoms with Gasteiger partial charge in [0.25, 0.3) is 0 Å². The van der Waals surface area contributed by atoms with E-state index < -0.39 is 0 Å². The second-order valence-corrected chi connectivity index (χ2v) is 3.40. The summed E-state index contributed by atoms with van der Waals surface area (Å²) < 4.78 is 0. The minimum absolute atomic E-state index is 0.566. The molecule has 0 spiro atoms. The highest BCUT2D eigenvalue weighted by Crippen LogP contribution is 2.27. The van der Waals surface area contributed by atoms with Crippen LogP contribution in [0.2, 0.25) is 0 Å². The molecule has 1 fully saturated rings. The summed E-state index contributed by atoms with van der Waals surface area (Å²) in [6.07, 6.45) is 4.01. The second-order valence-electron chi connectivity index (χ2n) is 3.40. The van der Waals surface area contributed by atoms with Crippen molar-refractivity contribution in [2.45, 2.75) is 18.8 Å². The van der Waals surface area contributed by atoms with Crippen molar-refractivity contribution in [1.82, 2.24) is 15.5 Å². The van der Waals surface area contributed by atoms with E-state index in [4.69, 9.17) is 5.73 Å². The lowest BCUT2D eigenvalue weighted by atomic mass is 9.91. The molecule has 0 aromatic carbocycles. The van der Waals surface area contributed by atoms with Gasteiger partial charge in [0, 0.05) is 5.56 Å². The zero-order valence-corrected chi connectivity index (χ0v) is 7.53. The van der Waals surface area contributed by atoms with Crippen LogP contribution in [0.25, 0.3) is 0 Å². The highest BCUT2D eigenvalue weighted by atomic mass is 15.1. The fraction of sp³-hybridized carbons (Fsp3) is 0.556. The topological polar surface area (TPSA) is 63.8 Å². The van der Waals surface area contributed by atoms with Crippen LogP contribution in [0.4, 0.5) is 5.82 Å². The Morgan fingerprint density at radius 1 is 1.38 bits per heavy atom. The number of anilines is 1. The van der Waals surface area contributed by atoms with Gasteiger partial charge in [0.1, 0.15) is 5.82 Å². The molecule has 2 heterocycles. The molecule has 70 valence electrons. The zero-order valence-electron chi connectivity index (χ0n) is 7.53. The summed E-state index contributed by atoms with van der Waals surface area (Å²) in [5.74, 6) is 1.16. The molecule has 13 heavy (non-hydrogen) atoms. The normalized spacial score (nSPS) is 18.8. The Morgan fingerprint density at radius 3 is 2.85 bits per heavy atom. The van der Waals surface area contributed by atoms with Crippen molar-refractivity contribution in [2.75, 3.05) is 18.8 Å². The molecule has 0 atom stereocenters. The lowest BCUT2D eigenvalue weighted by molar-refractivity contribution is 0.460. The maximum atomic E-state index is 5.76.